The van der Waals surface area contributed by atoms with Crippen molar-refractivity contribution in [2.45, 2.75) is 26.9 Å². The molecule has 0 amide bonds. The molecule has 6 heteroatoms. The largest absolute Gasteiger partial charge is 0.294 e. The summed E-state index contributed by atoms with van der Waals surface area (Å²) in [6, 6.07) is 16.3. The third-order valence-corrected chi connectivity index (χ3v) is 5.78. The van der Waals surface area contributed by atoms with Gasteiger partial charge < -0.3 is 0 Å². The van der Waals surface area contributed by atoms with Crippen LogP contribution >= 0.6 is 11.3 Å². The Hall–Kier alpha value is -2.83. The van der Waals surface area contributed by atoms with E-state index in [2.05, 4.69) is 43.0 Å². The molecule has 0 saturated heterocycles. The Labute approximate surface area is 172 Å². The van der Waals surface area contributed by atoms with Crippen molar-refractivity contribution in [3.63, 3.8) is 0 Å². The van der Waals surface area contributed by atoms with Crippen LogP contribution in [0.25, 0.3) is 16.2 Å². The van der Waals surface area contributed by atoms with Crippen molar-refractivity contribution >= 4 is 16.3 Å². The molecule has 2 heterocycles. The van der Waals surface area contributed by atoms with Crippen LogP contribution in [0.15, 0.2) is 64.8 Å². The fourth-order valence-corrected chi connectivity index (χ4v) is 4.25. The summed E-state index contributed by atoms with van der Waals surface area (Å²) in [5.41, 5.74) is 4.66. The van der Waals surface area contributed by atoms with Crippen LogP contribution in [-0.2, 0) is 13.1 Å². The first kappa shape index (κ1) is 19.5. The standard InChI is InChI=1S/C23H22FN3OS/c1-3-26(13-17-6-4-16(2)5-7-17)14-20-12-22(28)27-21(15-29-23(27)25-20)18-8-10-19(24)11-9-18/h4-12,15H,3,13-14H2,1-2H3. The number of aromatic nitrogens is 2. The van der Waals surface area contributed by atoms with Gasteiger partial charge in [-0.25, -0.2) is 9.37 Å². The van der Waals surface area contributed by atoms with Gasteiger partial charge in [0.1, 0.15) is 5.82 Å². The second kappa shape index (κ2) is 8.27. The molecule has 0 fully saturated rings. The minimum absolute atomic E-state index is 0.114. The van der Waals surface area contributed by atoms with E-state index in [1.165, 1.54) is 34.6 Å². The molecular weight excluding hydrogens is 385 g/mol. The summed E-state index contributed by atoms with van der Waals surface area (Å²) >= 11 is 1.42. The fraction of sp³-hybridized carbons (Fsp3) is 0.217. The zero-order valence-electron chi connectivity index (χ0n) is 16.4. The Balaban J connectivity index is 1.60. The Kier molecular flexibility index (Phi) is 5.56. The van der Waals surface area contributed by atoms with E-state index < -0.39 is 0 Å². The summed E-state index contributed by atoms with van der Waals surface area (Å²) in [5, 5.41) is 1.89. The monoisotopic (exact) mass is 407 g/mol. The topological polar surface area (TPSA) is 37.6 Å². The number of hydrogen-bond acceptors (Lipinski definition) is 4. The molecule has 4 nitrogen and oxygen atoms in total. The van der Waals surface area contributed by atoms with Crippen molar-refractivity contribution in [1.82, 2.24) is 14.3 Å². The lowest BCUT2D eigenvalue weighted by atomic mass is 10.1. The molecule has 148 valence electrons. The second-order valence-electron chi connectivity index (χ2n) is 7.12. The normalized spacial score (nSPS) is 11.4. The number of halogens is 1. The Morgan fingerprint density at radius 3 is 2.48 bits per heavy atom. The van der Waals surface area contributed by atoms with E-state index in [1.54, 1.807) is 22.6 Å². The van der Waals surface area contributed by atoms with Gasteiger partial charge >= 0.3 is 0 Å². The van der Waals surface area contributed by atoms with Gasteiger partial charge in [0.05, 0.1) is 11.4 Å². The Bertz CT molecular complexity index is 1180. The van der Waals surface area contributed by atoms with Crippen molar-refractivity contribution in [2.75, 3.05) is 6.54 Å². The molecule has 0 spiro atoms. The van der Waals surface area contributed by atoms with Crippen LogP contribution in [0.2, 0.25) is 0 Å². The molecule has 0 aliphatic heterocycles. The zero-order chi connectivity index (χ0) is 20.4. The van der Waals surface area contributed by atoms with Crippen molar-refractivity contribution in [2.24, 2.45) is 0 Å². The molecule has 0 N–H and O–H groups in total. The van der Waals surface area contributed by atoms with Crippen molar-refractivity contribution in [1.29, 1.82) is 0 Å². The average Bonchev–Trinajstić information content (AvgIpc) is 3.14. The van der Waals surface area contributed by atoms with E-state index >= 15 is 0 Å². The van der Waals surface area contributed by atoms with Crippen LogP contribution in [0.3, 0.4) is 0 Å². The summed E-state index contributed by atoms with van der Waals surface area (Å²) in [4.78, 5) is 20.4. The molecule has 0 atom stereocenters. The van der Waals surface area contributed by atoms with E-state index in [-0.39, 0.29) is 11.4 Å². The van der Waals surface area contributed by atoms with Gasteiger partial charge in [-0.05, 0) is 48.9 Å². The lowest BCUT2D eigenvalue weighted by Gasteiger charge is -2.20. The average molecular weight is 408 g/mol. The molecule has 0 aliphatic rings. The van der Waals surface area contributed by atoms with E-state index in [9.17, 15) is 9.18 Å². The number of benzene rings is 2. The molecule has 0 saturated carbocycles. The number of aryl methyl sites for hydroxylation is 1. The summed E-state index contributed by atoms with van der Waals surface area (Å²) in [6.07, 6.45) is 0. The van der Waals surface area contributed by atoms with Gasteiger partial charge in [0, 0.05) is 24.5 Å². The Morgan fingerprint density at radius 1 is 1.07 bits per heavy atom. The molecule has 0 aliphatic carbocycles. The molecule has 2 aromatic heterocycles. The predicted octanol–water partition coefficient (Wildman–Crippen LogP) is 4.89. The van der Waals surface area contributed by atoms with Gasteiger partial charge in [-0.2, -0.15) is 0 Å². The highest BCUT2D eigenvalue weighted by Crippen LogP contribution is 2.24. The van der Waals surface area contributed by atoms with Gasteiger partial charge in [-0.1, -0.05) is 36.8 Å². The maximum Gasteiger partial charge on any atom is 0.259 e. The van der Waals surface area contributed by atoms with E-state index in [4.69, 9.17) is 4.98 Å². The third-order valence-electron chi connectivity index (χ3n) is 4.96. The first-order valence-electron chi connectivity index (χ1n) is 9.57. The van der Waals surface area contributed by atoms with Crippen LogP contribution in [0.5, 0.6) is 0 Å². The maximum atomic E-state index is 13.2. The number of thiazole rings is 1. The summed E-state index contributed by atoms with van der Waals surface area (Å²) in [5.74, 6) is -0.297. The quantitative estimate of drug-likeness (QED) is 0.457. The minimum Gasteiger partial charge on any atom is -0.294 e. The molecule has 0 radical (unpaired) electrons. The van der Waals surface area contributed by atoms with Gasteiger partial charge in [0.25, 0.3) is 5.56 Å². The van der Waals surface area contributed by atoms with Crippen LogP contribution in [-0.4, -0.2) is 20.8 Å². The fourth-order valence-electron chi connectivity index (χ4n) is 3.33. The third kappa shape index (κ3) is 4.28. The molecule has 2 aromatic carbocycles. The Morgan fingerprint density at radius 2 is 1.79 bits per heavy atom. The summed E-state index contributed by atoms with van der Waals surface area (Å²) < 4.78 is 14.8. The van der Waals surface area contributed by atoms with Crippen LogP contribution < -0.4 is 5.56 Å². The highest BCUT2D eigenvalue weighted by Gasteiger charge is 2.13. The molecule has 0 bridgehead atoms. The molecule has 29 heavy (non-hydrogen) atoms. The predicted molar refractivity (Wildman–Crippen MR) is 116 cm³/mol. The lowest BCUT2D eigenvalue weighted by Crippen LogP contribution is -2.25. The summed E-state index contributed by atoms with van der Waals surface area (Å²) in [6.45, 7) is 6.47. The van der Waals surface area contributed by atoms with Crippen LogP contribution in [0, 0.1) is 12.7 Å². The van der Waals surface area contributed by atoms with E-state index in [0.29, 0.717) is 11.5 Å². The summed E-state index contributed by atoms with van der Waals surface area (Å²) in [7, 11) is 0. The molecule has 4 rings (SSSR count). The van der Waals surface area contributed by atoms with Crippen LogP contribution in [0.4, 0.5) is 4.39 Å². The number of nitrogens with zero attached hydrogens (tertiary/aromatic N) is 3. The van der Waals surface area contributed by atoms with Crippen molar-refractivity contribution in [3.05, 3.63) is 93.0 Å². The molecule has 0 unspecified atom stereocenters. The first-order chi connectivity index (χ1) is 14.0. The van der Waals surface area contributed by atoms with Gasteiger partial charge in [0.2, 0.25) is 0 Å². The second-order valence-corrected chi connectivity index (χ2v) is 7.96. The van der Waals surface area contributed by atoms with Crippen LogP contribution in [0.1, 0.15) is 23.7 Å². The molecular formula is C23H22FN3OS. The van der Waals surface area contributed by atoms with Gasteiger partial charge in [0.15, 0.2) is 4.96 Å². The number of hydrogen-bond donors (Lipinski definition) is 0. The smallest absolute Gasteiger partial charge is 0.259 e. The van der Waals surface area contributed by atoms with Crippen molar-refractivity contribution in [3.8, 4) is 11.3 Å². The van der Waals surface area contributed by atoms with E-state index in [0.717, 1.165) is 30.0 Å². The lowest BCUT2D eigenvalue weighted by molar-refractivity contribution is 0.268. The minimum atomic E-state index is -0.297. The van der Waals surface area contributed by atoms with Crippen molar-refractivity contribution < 1.29 is 4.39 Å². The SMILES string of the molecule is CCN(Cc1ccc(C)cc1)Cc1cc(=O)n2c(-c3ccc(F)cc3)csc2n1. The molecule has 4 aromatic rings. The highest BCUT2D eigenvalue weighted by atomic mass is 32.1. The zero-order valence-corrected chi connectivity index (χ0v) is 17.2. The highest BCUT2D eigenvalue weighted by molar-refractivity contribution is 7.15. The first-order valence-corrected chi connectivity index (χ1v) is 10.5. The number of rotatable bonds is 6. The van der Waals surface area contributed by atoms with Gasteiger partial charge in [-0.3, -0.25) is 14.1 Å². The van der Waals surface area contributed by atoms with E-state index in [1.807, 2.05) is 5.38 Å². The number of fused-ring (bicyclic) bond motifs is 1. The van der Waals surface area contributed by atoms with Gasteiger partial charge in [-0.15, -0.1) is 11.3 Å². The maximum absolute atomic E-state index is 13.2.